The van der Waals surface area contributed by atoms with Crippen LogP contribution in [0.3, 0.4) is 0 Å². The first kappa shape index (κ1) is 18.6. The molecule has 0 aliphatic carbocycles. The molecule has 0 radical (unpaired) electrons. The fraction of sp³-hybridized carbons (Fsp3) is 0.895. The van der Waals surface area contributed by atoms with Crippen LogP contribution in [0.15, 0.2) is 0 Å². The summed E-state index contributed by atoms with van der Waals surface area (Å²) in [6, 6.07) is 0. The highest BCUT2D eigenvalue weighted by atomic mass is 16.5. The van der Waals surface area contributed by atoms with Gasteiger partial charge in [-0.3, -0.25) is 9.59 Å². The molecular weight excluding hydrogens is 320 g/mol. The lowest BCUT2D eigenvalue weighted by molar-refractivity contribution is -0.154. The van der Waals surface area contributed by atoms with Crippen LogP contribution in [0, 0.1) is 11.3 Å². The molecule has 3 rings (SSSR count). The van der Waals surface area contributed by atoms with Crippen LogP contribution >= 0.6 is 0 Å². The number of rotatable bonds is 5. The van der Waals surface area contributed by atoms with E-state index in [-0.39, 0.29) is 17.9 Å². The van der Waals surface area contributed by atoms with Crippen molar-refractivity contribution in [1.29, 1.82) is 0 Å². The van der Waals surface area contributed by atoms with E-state index in [9.17, 15) is 9.59 Å². The highest BCUT2D eigenvalue weighted by Gasteiger charge is 2.46. The van der Waals surface area contributed by atoms with Crippen molar-refractivity contribution in [2.24, 2.45) is 11.3 Å². The summed E-state index contributed by atoms with van der Waals surface area (Å²) in [6.07, 6.45) is 5.79. The zero-order valence-corrected chi connectivity index (χ0v) is 15.5. The maximum absolute atomic E-state index is 13.2. The molecule has 0 saturated carbocycles. The number of ether oxygens (including phenoxy) is 2. The standard InChI is InChI=1S/C19H32N2O4/c1-2-24-15-17(22)20-10-7-19(8-11-20)6-3-9-21(18(19)23)14-16-4-12-25-13-5-16/h16H,2-15H2,1H3. The van der Waals surface area contributed by atoms with Gasteiger partial charge < -0.3 is 19.3 Å². The topological polar surface area (TPSA) is 59.1 Å². The van der Waals surface area contributed by atoms with Crippen LogP contribution in [0.1, 0.15) is 45.4 Å². The Bertz CT molecular complexity index is 468. The van der Waals surface area contributed by atoms with Crippen LogP contribution in [0.5, 0.6) is 0 Å². The second-order valence-corrected chi connectivity index (χ2v) is 7.71. The lowest BCUT2D eigenvalue weighted by atomic mass is 9.71. The Balaban J connectivity index is 1.54. The summed E-state index contributed by atoms with van der Waals surface area (Å²) in [5.41, 5.74) is -0.230. The van der Waals surface area contributed by atoms with Gasteiger partial charge in [-0.15, -0.1) is 0 Å². The van der Waals surface area contributed by atoms with Gasteiger partial charge in [0.05, 0.1) is 5.41 Å². The van der Waals surface area contributed by atoms with Crippen LogP contribution in [0.25, 0.3) is 0 Å². The smallest absolute Gasteiger partial charge is 0.248 e. The Morgan fingerprint density at radius 1 is 1.20 bits per heavy atom. The molecular formula is C19H32N2O4. The lowest BCUT2D eigenvalue weighted by Gasteiger charge is -2.47. The van der Waals surface area contributed by atoms with Gasteiger partial charge in [-0.2, -0.15) is 0 Å². The molecule has 6 heteroatoms. The van der Waals surface area contributed by atoms with E-state index >= 15 is 0 Å². The third-order valence-electron chi connectivity index (χ3n) is 6.15. The maximum Gasteiger partial charge on any atom is 0.248 e. The SMILES string of the molecule is CCOCC(=O)N1CCC2(CCCN(CC3CCOCC3)C2=O)CC1. The molecule has 0 aromatic carbocycles. The van der Waals surface area contributed by atoms with E-state index < -0.39 is 0 Å². The van der Waals surface area contributed by atoms with E-state index in [2.05, 4.69) is 4.90 Å². The summed E-state index contributed by atoms with van der Waals surface area (Å²) < 4.78 is 10.7. The van der Waals surface area contributed by atoms with E-state index in [0.29, 0.717) is 31.5 Å². The van der Waals surface area contributed by atoms with E-state index in [1.807, 2.05) is 11.8 Å². The lowest BCUT2D eigenvalue weighted by Crippen LogP contribution is -2.55. The summed E-state index contributed by atoms with van der Waals surface area (Å²) >= 11 is 0. The molecule has 0 aromatic heterocycles. The highest BCUT2D eigenvalue weighted by Crippen LogP contribution is 2.41. The number of amides is 2. The molecule has 0 unspecified atom stereocenters. The van der Waals surface area contributed by atoms with Crippen molar-refractivity contribution in [3.8, 4) is 0 Å². The molecule has 0 N–H and O–H groups in total. The van der Waals surface area contributed by atoms with Crippen molar-refractivity contribution in [2.75, 3.05) is 52.6 Å². The minimum atomic E-state index is -0.230. The summed E-state index contributed by atoms with van der Waals surface area (Å²) in [5.74, 6) is 0.974. The Kier molecular flexibility index (Phi) is 6.34. The monoisotopic (exact) mass is 352 g/mol. The van der Waals surface area contributed by atoms with Crippen molar-refractivity contribution in [3.63, 3.8) is 0 Å². The maximum atomic E-state index is 13.2. The van der Waals surface area contributed by atoms with Gasteiger partial charge >= 0.3 is 0 Å². The largest absolute Gasteiger partial charge is 0.381 e. The Hall–Kier alpha value is -1.14. The van der Waals surface area contributed by atoms with Crippen LogP contribution in [-0.4, -0.2) is 74.2 Å². The van der Waals surface area contributed by atoms with Gasteiger partial charge in [0.2, 0.25) is 11.8 Å². The van der Waals surface area contributed by atoms with Crippen LogP contribution in [-0.2, 0) is 19.1 Å². The minimum Gasteiger partial charge on any atom is -0.381 e. The zero-order valence-electron chi connectivity index (χ0n) is 15.5. The molecule has 3 heterocycles. The Morgan fingerprint density at radius 3 is 2.60 bits per heavy atom. The number of piperidine rings is 2. The third kappa shape index (κ3) is 4.34. The number of nitrogens with zero attached hydrogens (tertiary/aromatic N) is 2. The number of hydrogen-bond donors (Lipinski definition) is 0. The van der Waals surface area contributed by atoms with Gasteiger partial charge in [-0.05, 0) is 51.4 Å². The zero-order chi connectivity index (χ0) is 17.7. The average Bonchev–Trinajstić information content (AvgIpc) is 2.65. The number of hydrogen-bond acceptors (Lipinski definition) is 4. The minimum absolute atomic E-state index is 0.0546. The van der Waals surface area contributed by atoms with Crippen molar-refractivity contribution in [2.45, 2.75) is 45.4 Å². The predicted octanol–water partition coefficient (Wildman–Crippen LogP) is 1.68. The second kappa shape index (κ2) is 8.49. The van der Waals surface area contributed by atoms with Gasteiger partial charge in [0.15, 0.2) is 0 Å². The van der Waals surface area contributed by atoms with Gasteiger partial charge in [0.25, 0.3) is 0 Å². The fourth-order valence-corrected chi connectivity index (χ4v) is 4.50. The van der Waals surface area contributed by atoms with Crippen LogP contribution < -0.4 is 0 Å². The van der Waals surface area contributed by atoms with Crippen molar-refractivity contribution < 1.29 is 19.1 Å². The average molecular weight is 352 g/mol. The first-order chi connectivity index (χ1) is 12.1. The molecule has 3 saturated heterocycles. The number of likely N-dealkylation sites (tertiary alicyclic amines) is 2. The van der Waals surface area contributed by atoms with Gasteiger partial charge in [-0.1, -0.05) is 0 Å². The highest BCUT2D eigenvalue weighted by molar-refractivity contribution is 5.84. The summed E-state index contributed by atoms with van der Waals surface area (Å²) in [7, 11) is 0. The number of carbonyl (C=O) groups is 2. The molecule has 0 bridgehead atoms. The van der Waals surface area contributed by atoms with Crippen molar-refractivity contribution >= 4 is 11.8 Å². The van der Waals surface area contributed by atoms with E-state index in [1.165, 1.54) is 0 Å². The van der Waals surface area contributed by atoms with E-state index in [1.54, 1.807) is 0 Å². The molecule has 142 valence electrons. The van der Waals surface area contributed by atoms with E-state index in [4.69, 9.17) is 9.47 Å². The molecule has 3 aliphatic heterocycles. The van der Waals surface area contributed by atoms with Gasteiger partial charge in [0, 0.05) is 46.0 Å². The second-order valence-electron chi connectivity index (χ2n) is 7.71. The normalized spacial score (nSPS) is 24.8. The molecule has 0 aromatic rings. The van der Waals surface area contributed by atoms with Crippen LogP contribution in [0.2, 0.25) is 0 Å². The molecule has 25 heavy (non-hydrogen) atoms. The summed E-state index contributed by atoms with van der Waals surface area (Å²) in [6.45, 7) is 7.42. The van der Waals surface area contributed by atoms with Gasteiger partial charge in [-0.25, -0.2) is 0 Å². The van der Waals surface area contributed by atoms with Crippen LogP contribution in [0.4, 0.5) is 0 Å². The van der Waals surface area contributed by atoms with Gasteiger partial charge in [0.1, 0.15) is 6.61 Å². The first-order valence-corrected chi connectivity index (χ1v) is 9.87. The Labute approximate surface area is 150 Å². The van der Waals surface area contributed by atoms with Crippen molar-refractivity contribution in [1.82, 2.24) is 9.80 Å². The third-order valence-corrected chi connectivity index (χ3v) is 6.15. The predicted molar refractivity (Wildman–Crippen MR) is 94.1 cm³/mol. The Morgan fingerprint density at radius 2 is 1.92 bits per heavy atom. The molecule has 2 amide bonds. The summed E-state index contributed by atoms with van der Waals surface area (Å²) in [5, 5.41) is 0. The number of carbonyl (C=O) groups excluding carboxylic acids is 2. The molecule has 0 atom stereocenters. The first-order valence-electron chi connectivity index (χ1n) is 9.87. The fourth-order valence-electron chi connectivity index (χ4n) is 4.50. The summed E-state index contributed by atoms with van der Waals surface area (Å²) in [4.78, 5) is 29.3. The molecule has 1 spiro atoms. The molecule has 6 nitrogen and oxygen atoms in total. The van der Waals surface area contributed by atoms with Crippen molar-refractivity contribution in [3.05, 3.63) is 0 Å². The molecule has 3 fully saturated rings. The molecule has 3 aliphatic rings. The quantitative estimate of drug-likeness (QED) is 0.755. The van der Waals surface area contributed by atoms with E-state index in [0.717, 1.165) is 64.8 Å².